The number of rotatable bonds is 3. The first-order valence-electron chi connectivity index (χ1n) is 6.02. The third kappa shape index (κ3) is 3.57. The fourth-order valence-corrected chi connectivity index (χ4v) is 1.98. The van der Waals surface area contributed by atoms with Crippen molar-refractivity contribution in [2.45, 2.75) is 6.92 Å². The van der Waals surface area contributed by atoms with Crippen LogP contribution in [0.25, 0.3) is 0 Å². The Hall–Kier alpha value is -2.41. The summed E-state index contributed by atoms with van der Waals surface area (Å²) in [6.45, 7) is 1.96. The van der Waals surface area contributed by atoms with E-state index < -0.39 is 0 Å². The fourth-order valence-electron chi connectivity index (χ4n) is 1.60. The summed E-state index contributed by atoms with van der Waals surface area (Å²) < 4.78 is 0.913. The maximum absolute atomic E-state index is 12.1. The molecule has 0 aliphatic carbocycles. The van der Waals surface area contributed by atoms with Crippen molar-refractivity contribution >= 4 is 33.4 Å². The summed E-state index contributed by atoms with van der Waals surface area (Å²) in [5.74, 6) is -0.395. The van der Waals surface area contributed by atoms with Crippen LogP contribution in [0.2, 0.25) is 0 Å². The number of oxime groups is 1. The molecule has 1 aromatic heterocycles. The van der Waals surface area contributed by atoms with E-state index in [9.17, 15) is 4.79 Å². The zero-order chi connectivity index (χ0) is 15.4. The number of anilines is 1. The SMILES string of the molecule is Cc1ccc(NC(=O)c2ccc(C(N)=NO)cn2)cc1Br. The second-order valence-electron chi connectivity index (χ2n) is 4.34. The number of aromatic nitrogens is 1. The second kappa shape index (κ2) is 6.36. The molecule has 21 heavy (non-hydrogen) atoms. The number of aryl methyl sites for hydroxylation is 1. The van der Waals surface area contributed by atoms with Crippen LogP contribution in [0.15, 0.2) is 46.2 Å². The summed E-state index contributed by atoms with van der Waals surface area (Å²) in [7, 11) is 0. The van der Waals surface area contributed by atoms with Gasteiger partial charge >= 0.3 is 0 Å². The largest absolute Gasteiger partial charge is 0.409 e. The minimum absolute atomic E-state index is 0.0584. The highest BCUT2D eigenvalue weighted by Gasteiger charge is 2.09. The van der Waals surface area contributed by atoms with Gasteiger partial charge in [-0.2, -0.15) is 0 Å². The quantitative estimate of drug-likeness (QED) is 0.343. The molecule has 0 saturated carbocycles. The molecule has 0 unspecified atom stereocenters. The highest BCUT2D eigenvalue weighted by atomic mass is 79.9. The Balaban J connectivity index is 2.14. The molecule has 0 aliphatic rings. The van der Waals surface area contributed by atoms with E-state index in [1.165, 1.54) is 12.3 Å². The van der Waals surface area contributed by atoms with E-state index in [4.69, 9.17) is 10.9 Å². The maximum Gasteiger partial charge on any atom is 0.274 e. The van der Waals surface area contributed by atoms with Gasteiger partial charge in [-0.05, 0) is 36.8 Å². The van der Waals surface area contributed by atoms with Crippen molar-refractivity contribution in [1.29, 1.82) is 0 Å². The maximum atomic E-state index is 12.1. The number of pyridine rings is 1. The van der Waals surface area contributed by atoms with Crippen LogP contribution in [0.3, 0.4) is 0 Å². The standard InChI is InChI=1S/C14H13BrN4O2/c1-8-2-4-10(6-11(8)15)18-14(20)12-5-3-9(7-17-12)13(16)19-21/h2-7,21H,1H3,(H2,16,19)(H,18,20). The number of benzene rings is 1. The minimum atomic E-state index is -0.336. The van der Waals surface area contributed by atoms with Crippen LogP contribution in [0, 0.1) is 6.92 Å². The molecule has 2 rings (SSSR count). The second-order valence-corrected chi connectivity index (χ2v) is 5.19. The lowest BCUT2D eigenvalue weighted by Crippen LogP contribution is -2.16. The summed E-state index contributed by atoms with van der Waals surface area (Å²) >= 11 is 3.41. The number of nitrogens with two attached hydrogens (primary N) is 1. The van der Waals surface area contributed by atoms with Crippen molar-refractivity contribution < 1.29 is 10.0 Å². The molecule has 0 aliphatic heterocycles. The summed E-state index contributed by atoms with van der Waals surface area (Å²) in [5, 5.41) is 14.2. The van der Waals surface area contributed by atoms with Gasteiger partial charge in [0.25, 0.3) is 5.91 Å². The Morgan fingerprint density at radius 2 is 2.14 bits per heavy atom. The highest BCUT2D eigenvalue weighted by molar-refractivity contribution is 9.10. The molecule has 1 amide bonds. The predicted octanol–water partition coefficient (Wildman–Crippen LogP) is 2.50. The Bertz CT molecular complexity index is 699. The van der Waals surface area contributed by atoms with Gasteiger partial charge in [0.05, 0.1) is 0 Å². The smallest absolute Gasteiger partial charge is 0.274 e. The molecular formula is C14H13BrN4O2. The van der Waals surface area contributed by atoms with Crippen LogP contribution in [-0.4, -0.2) is 21.9 Å². The van der Waals surface area contributed by atoms with Gasteiger partial charge in [0, 0.05) is 21.9 Å². The summed E-state index contributed by atoms with van der Waals surface area (Å²) in [6, 6.07) is 8.59. The zero-order valence-electron chi connectivity index (χ0n) is 11.2. The molecule has 0 saturated heterocycles. The number of nitrogens with zero attached hydrogens (tertiary/aromatic N) is 2. The average molecular weight is 349 g/mol. The van der Waals surface area contributed by atoms with E-state index in [2.05, 4.69) is 31.4 Å². The van der Waals surface area contributed by atoms with Crippen molar-refractivity contribution in [3.8, 4) is 0 Å². The lowest BCUT2D eigenvalue weighted by Gasteiger charge is -2.07. The van der Waals surface area contributed by atoms with Gasteiger partial charge < -0.3 is 16.3 Å². The van der Waals surface area contributed by atoms with Gasteiger partial charge in [-0.1, -0.05) is 27.2 Å². The Morgan fingerprint density at radius 3 is 2.71 bits per heavy atom. The van der Waals surface area contributed by atoms with Crippen molar-refractivity contribution in [3.05, 3.63) is 57.8 Å². The highest BCUT2D eigenvalue weighted by Crippen LogP contribution is 2.20. The molecule has 0 spiro atoms. The van der Waals surface area contributed by atoms with Crippen molar-refractivity contribution in [2.24, 2.45) is 10.9 Å². The van der Waals surface area contributed by atoms with Crippen molar-refractivity contribution in [3.63, 3.8) is 0 Å². The molecule has 0 bridgehead atoms. The molecule has 1 heterocycles. The monoisotopic (exact) mass is 348 g/mol. The Labute approximate surface area is 129 Å². The normalized spacial score (nSPS) is 11.2. The van der Waals surface area contributed by atoms with Crippen LogP contribution in [0.4, 0.5) is 5.69 Å². The number of hydrogen-bond acceptors (Lipinski definition) is 4. The molecule has 0 radical (unpaired) electrons. The summed E-state index contributed by atoms with van der Waals surface area (Å²) in [5.41, 5.74) is 7.85. The molecule has 0 atom stereocenters. The molecule has 2 aromatic rings. The van der Waals surface area contributed by atoms with Crippen LogP contribution in [-0.2, 0) is 0 Å². The molecule has 7 heteroatoms. The van der Waals surface area contributed by atoms with Crippen LogP contribution >= 0.6 is 15.9 Å². The first-order valence-corrected chi connectivity index (χ1v) is 6.82. The molecule has 6 nitrogen and oxygen atoms in total. The van der Waals surface area contributed by atoms with Gasteiger partial charge in [-0.25, -0.2) is 0 Å². The third-order valence-corrected chi connectivity index (χ3v) is 3.68. The number of carbonyl (C=O) groups is 1. The number of carbonyl (C=O) groups excluding carboxylic acids is 1. The number of amides is 1. The number of amidine groups is 1. The van der Waals surface area contributed by atoms with Gasteiger partial charge in [0.15, 0.2) is 5.84 Å². The van der Waals surface area contributed by atoms with Crippen LogP contribution in [0.5, 0.6) is 0 Å². The lowest BCUT2D eigenvalue weighted by atomic mass is 10.2. The summed E-state index contributed by atoms with van der Waals surface area (Å²) in [4.78, 5) is 16.0. The van der Waals surface area contributed by atoms with Gasteiger partial charge in [0.2, 0.25) is 0 Å². The van der Waals surface area contributed by atoms with E-state index in [1.54, 1.807) is 6.07 Å². The number of halogens is 1. The predicted molar refractivity (Wildman–Crippen MR) is 83.6 cm³/mol. The first-order chi connectivity index (χ1) is 10.0. The van der Waals surface area contributed by atoms with Crippen molar-refractivity contribution in [2.75, 3.05) is 5.32 Å². The van der Waals surface area contributed by atoms with Gasteiger partial charge in [-0.3, -0.25) is 9.78 Å². The molecular weight excluding hydrogens is 336 g/mol. The zero-order valence-corrected chi connectivity index (χ0v) is 12.8. The van der Waals surface area contributed by atoms with E-state index in [0.29, 0.717) is 11.3 Å². The molecule has 4 N–H and O–H groups in total. The van der Waals surface area contributed by atoms with E-state index in [1.807, 2.05) is 25.1 Å². The van der Waals surface area contributed by atoms with Crippen LogP contribution in [0.1, 0.15) is 21.6 Å². The molecule has 1 aromatic carbocycles. The minimum Gasteiger partial charge on any atom is -0.409 e. The Kier molecular flexibility index (Phi) is 4.54. The third-order valence-electron chi connectivity index (χ3n) is 2.83. The first kappa shape index (κ1) is 15.0. The van der Waals surface area contributed by atoms with E-state index in [-0.39, 0.29) is 17.4 Å². The van der Waals surface area contributed by atoms with Crippen molar-refractivity contribution in [1.82, 2.24) is 4.98 Å². The fraction of sp³-hybridized carbons (Fsp3) is 0.0714. The number of hydrogen-bond donors (Lipinski definition) is 3. The van der Waals surface area contributed by atoms with E-state index >= 15 is 0 Å². The topological polar surface area (TPSA) is 101 Å². The number of nitrogens with one attached hydrogen (secondary N) is 1. The van der Waals surface area contributed by atoms with Crippen LogP contribution < -0.4 is 11.1 Å². The molecule has 0 fully saturated rings. The van der Waals surface area contributed by atoms with E-state index in [0.717, 1.165) is 10.0 Å². The Morgan fingerprint density at radius 1 is 1.38 bits per heavy atom. The summed E-state index contributed by atoms with van der Waals surface area (Å²) in [6.07, 6.45) is 1.37. The lowest BCUT2D eigenvalue weighted by molar-refractivity contribution is 0.102. The van der Waals surface area contributed by atoms with Gasteiger partial charge in [0.1, 0.15) is 5.69 Å². The average Bonchev–Trinajstić information content (AvgIpc) is 2.50. The molecule has 108 valence electrons. The van der Waals surface area contributed by atoms with Gasteiger partial charge in [-0.15, -0.1) is 0 Å².